The number of rotatable bonds is 7. The van der Waals surface area contributed by atoms with Crippen molar-refractivity contribution in [2.45, 2.75) is 24.7 Å². The first-order valence-electron chi connectivity index (χ1n) is 9.11. The number of unbranched alkanes of at least 4 members (excludes halogenated alkanes) is 1. The molecule has 3 amide bonds. The molecule has 0 bridgehead atoms. The molecule has 0 saturated carbocycles. The minimum absolute atomic E-state index is 0.111. The highest BCUT2D eigenvalue weighted by molar-refractivity contribution is 7.89. The molecule has 0 atom stereocenters. The van der Waals surface area contributed by atoms with Crippen molar-refractivity contribution in [3.05, 3.63) is 59.2 Å². The highest BCUT2D eigenvalue weighted by atomic mass is 32.2. The van der Waals surface area contributed by atoms with Crippen LogP contribution < -0.4 is 10.6 Å². The van der Waals surface area contributed by atoms with E-state index in [-0.39, 0.29) is 21.6 Å². The van der Waals surface area contributed by atoms with Gasteiger partial charge in [-0.1, -0.05) is 13.3 Å². The molecule has 2 aromatic rings. The number of nitrogens with one attached hydrogen (secondary N) is 2. The summed E-state index contributed by atoms with van der Waals surface area (Å²) in [6.07, 6.45) is 1.65. The Morgan fingerprint density at radius 2 is 1.69 bits per heavy atom. The number of hydrogen-bond donors (Lipinski definition) is 2. The zero-order chi connectivity index (χ0) is 21.2. The smallest absolute Gasteiger partial charge is 0.259 e. The summed E-state index contributed by atoms with van der Waals surface area (Å²) >= 11 is 0. The summed E-state index contributed by atoms with van der Waals surface area (Å²) in [4.78, 5) is 35.9. The Hall–Kier alpha value is -3.04. The predicted octanol–water partition coefficient (Wildman–Crippen LogP) is 2.24. The Balaban J connectivity index is 1.74. The lowest BCUT2D eigenvalue weighted by Crippen LogP contribution is -2.28. The minimum atomic E-state index is -3.61. The number of nitrogens with zero attached hydrogens (tertiary/aromatic N) is 1. The molecule has 1 aliphatic heterocycles. The third-order valence-corrected chi connectivity index (χ3v) is 6.52. The average Bonchev–Trinajstić information content (AvgIpc) is 2.99. The van der Waals surface area contributed by atoms with Gasteiger partial charge >= 0.3 is 0 Å². The first kappa shape index (κ1) is 20.7. The van der Waals surface area contributed by atoms with Gasteiger partial charge in [-0.25, -0.2) is 12.7 Å². The van der Waals surface area contributed by atoms with Crippen LogP contribution in [0.25, 0.3) is 0 Å². The van der Waals surface area contributed by atoms with E-state index in [4.69, 9.17) is 0 Å². The maximum absolute atomic E-state index is 12.5. The summed E-state index contributed by atoms with van der Waals surface area (Å²) in [5.74, 6) is -1.44. The van der Waals surface area contributed by atoms with Crippen LogP contribution in [-0.4, -0.2) is 44.0 Å². The molecule has 0 aliphatic carbocycles. The fraction of sp³-hybridized carbons (Fsp3) is 0.250. The normalized spacial score (nSPS) is 13.3. The summed E-state index contributed by atoms with van der Waals surface area (Å²) in [6.45, 7) is 2.41. The average molecular weight is 415 g/mol. The predicted molar refractivity (Wildman–Crippen MR) is 107 cm³/mol. The Bertz CT molecular complexity index is 1080. The second kappa shape index (κ2) is 8.14. The lowest BCUT2D eigenvalue weighted by atomic mass is 10.1. The van der Waals surface area contributed by atoms with Crippen molar-refractivity contribution in [3.8, 4) is 0 Å². The van der Waals surface area contributed by atoms with Gasteiger partial charge in [-0.3, -0.25) is 19.7 Å². The number of hydrogen-bond acceptors (Lipinski definition) is 5. The summed E-state index contributed by atoms with van der Waals surface area (Å²) in [5.41, 5.74) is 1.08. The highest BCUT2D eigenvalue weighted by Crippen LogP contribution is 2.21. The molecular formula is C20H21N3O5S. The summed E-state index contributed by atoms with van der Waals surface area (Å²) in [7, 11) is -2.08. The van der Waals surface area contributed by atoms with E-state index in [9.17, 15) is 22.8 Å². The van der Waals surface area contributed by atoms with Crippen molar-refractivity contribution in [1.29, 1.82) is 0 Å². The van der Waals surface area contributed by atoms with Crippen molar-refractivity contribution in [1.82, 2.24) is 9.62 Å². The molecule has 8 nitrogen and oxygen atoms in total. The highest BCUT2D eigenvalue weighted by Gasteiger charge is 2.27. The van der Waals surface area contributed by atoms with Crippen LogP contribution in [0.15, 0.2) is 47.4 Å². The van der Waals surface area contributed by atoms with Crippen molar-refractivity contribution in [2.24, 2.45) is 0 Å². The van der Waals surface area contributed by atoms with E-state index in [0.29, 0.717) is 12.2 Å². The number of fused-ring (bicyclic) bond motifs is 1. The summed E-state index contributed by atoms with van der Waals surface area (Å²) in [6, 6.07) is 10.1. The van der Waals surface area contributed by atoms with Crippen molar-refractivity contribution >= 4 is 33.4 Å². The van der Waals surface area contributed by atoms with Gasteiger partial charge in [0, 0.05) is 24.8 Å². The standard InChI is InChI=1S/C20H21N3O5S/c1-3-4-11-23(2)29(27,28)15-8-5-13(6-9-15)18(24)21-14-7-10-16-17(12-14)20(26)22-19(16)25/h5-10,12H,3-4,11H2,1-2H3,(H,21,24)(H,22,25,26). The lowest BCUT2D eigenvalue weighted by molar-refractivity contribution is 0.0878. The molecule has 0 radical (unpaired) electrons. The Morgan fingerprint density at radius 3 is 2.34 bits per heavy atom. The van der Waals surface area contributed by atoms with E-state index in [1.54, 1.807) is 0 Å². The van der Waals surface area contributed by atoms with Crippen LogP contribution in [-0.2, 0) is 10.0 Å². The number of carbonyl (C=O) groups excluding carboxylic acids is 3. The Kier molecular flexibility index (Phi) is 5.81. The third kappa shape index (κ3) is 4.20. The quantitative estimate of drug-likeness (QED) is 0.674. The van der Waals surface area contributed by atoms with E-state index < -0.39 is 27.7 Å². The van der Waals surface area contributed by atoms with Gasteiger partial charge < -0.3 is 5.32 Å². The van der Waals surface area contributed by atoms with E-state index in [2.05, 4.69) is 10.6 Å². The molecule has 2 aromatic carbocycles. The van der Waals surface area contributed by atoms with Gasteiger partial charge in [0.1, 0.15) is 0 Å². The molecular weight excluding hydrogens is 394 g/mol. The van der Waals surface area contributed by atoms with Gasteiger partial charge in [0.25, 0.3) is 17.7 Å². The maximum Gasteiger partial charge on any atom is 0.259 e. The number of carbonyl (C=O) groups is 3. The molecule has 0 saturated heterocycles. The molecule has 3 rings (SSSR count). The van der Waals surface area contributed by atoms with Gasteiger partial charge in [0.2, 0.25) is 10.0 Å². The topological polar surface area (TPSA) is 113 Å². The molecule has 152 valence electrons. The van der Waals surface area contributed by atoms with E-state index in [0.717, 1.165) is 12.8 Å². The van der Waals surface area contributed by atoms with E-state index in [1.165, 1.54) is 53.8 Å². The molecule has 29 heavy (non-hydrogen) atoms. The van der Waals surface area contributed by atoms with Gasteiger partial charge in [-0.2, -0.15) is 0 Å². The molecule has 9 heteroatoms. The van der Waals surface area contributed by atoms with Crippen molar-refractivity contribution < 1.29 is 22.8 Å². The van der Waals surface area contributed by atoms with Gasteiger partial charge in [0.05, 0.1) is 16.0 Å². The fourth-order valence-corrected chi connectivity index (χ4v) is 4.12. The monoisotopic (exact) mass is 415 g/mol. The van der Waals surface area contributed by atoms with Gasteiger partial charge in [-0.05, 0) is 48.9 Å². The number of benzene rings is 2. The molecule has 0 fully saturated rings. The number of amides is 3. The third-order valence-electron chi connectivity index (χ3n) is 4.64. The van der Waals surface area contributed by atoms with Crippen molar-refractivity contribution in [2.75, 3.05) is 18.9 Å². The summed E-state index contributed by atoms with van der Waals surface area (Å²) < 4.78 is 26.4. The summed E-state index contributed by atoms with van der Waals surface area (Å²) in [5, 5.41) is 4.83. The van der Waals surface area contributed by atoms with Crippen LogP contribution in [0.5, 0.6) is 0 Å². The number of sulfonamides is 1. The largest absolute Gasteiger partial charge is 0.322 e. The van der Waals surface area contributed by atoms with Crippen LogP contribution in [0, 0.1) is 0 Å². The minimum Gasteiger partial charge on any atom is -0.322 e. The molecule has 1 aliphatic rings. The Morgan fingerprint density at radius 1 is 1.03 bits per heavy atom. The van der Waals surface area contributed by atoms with Gasteiger partial charge in [0.15, 0.2) is 0 Å². The number of anilines is 1. The van der Waals surface area contributed by atoms with E-state index >= 15 is 0 Å². The molecule has 0 unspecified atom stereocenters. The first-order chi connectivity index (χ1) is 13.7. The van der Waals surface area contributed by atoms with Crippen LogP contribution >= 0.6 is 0 Å². The maximum atomic E-state index is 12.5. The van der Waals surface area contributed by atoms with Crippen LogP contribution in [0.4, 0.5) is 5.69 Å². The molecule has 1 heterocycles. The number of imide groups is 1. The van der Waals surface area contributed by atoms with Crippen molar-refractivity contribution in [3.63, 3.8) is 0 Å². The van der Waals surface area contributed by atoms with Crippen LogP contribution in [0.3, 0.4) is 0 Å². The second-order valence-electron chi connectivity index (χ2n) is 6.70. The SMILES string of the molecule is CCCCN(C)S(=O)(=O)c1ccc(C(=O)Nc2ccc3c(c2)C(=O)NC3=O)cc1. The lowest BCUT2D eigenvalue weighted by Gasteiger charge is -2.17. The molecule has 0 spiro atoms. The zero-order valence-electron chi connectivity index (χ0n) is 16.1. The zero-order valence-corrected chi connectivity index (χ0v) is 16.9. The fourth-order valence-electron chi connectivity index (χ4n) is 2.91. The van der Waals surface area contributed by atoms with Gasteiger partial charge in [-0.15, -0.1) is 0 Å². The first-order valence-corrected chi connectivity index (χ1v) is 10.6. The second-order valence-corrected chi connectivity index (χ2v) is 8.75. The molecule has 0 aromatic heterocycles. The van der Waals surface area contributed by atoms with Crippen LogP contribution in [0.1, 0.15) is 50.8 Å². The Labute approximate surface area is 169 Å². The van der Waals surface area contributed by atoms with E-state index in [1.807, 2.05) is 6.92 Å². The van der Waals surface area contributed by atoms with Crippen LogP contribution in [0.2, 0.25) is 0 Å². The molecule has 2 N–H and O–H groups in total.